The second-order valence-corrected chi connectivity index (χ2v) is 9.02. The molecule has 2 N–H and O–H groups in total. The Morgan fingerprint density at radius 2 is 1.82 bits per heavy atom. The van der Waals surface area contributed by atoms with E-state index >= 15 is 0 Å². The van der Waals surface area contributed by atoms with Gasteiger partial charge in [-0.15, -0.1) is 0 Å². The lowest BCUT2D eigenvalue weighted by Crippen LogP contribution is -2.25. The highest BCUT2D eigenvalue weighted by Crippen LogP contribution is 2.21. The van der Waals surface area contributed by atoms with Crippen LogP contribution in [0.3, 0.4) is 0 Å². The van der Waals surface area contributed by atoms with Crippen LogP contribution in [0.2, 0.25) is 0 Å². The Labute approximate surface area is 167 Å². The fourth-order valence-corrected chi connectivity index (χ4v) is 4.16. The van der Waals surface area contributed by atoms with Crippen LogP contribution in [0.15, 0.2) is 63.4 Å². The zero-order valence-electron chi connectivity index (χ0n) is 15.5. The van der Waals surface area contributed by atoms with Gasteiger partial charge in [-0.25, -0.2) is 18.5 Å². The van der Waals surface area contributed by atoms with E-state index in [0.717, 1.165) is 0 Å². The summed E-state index contributed by atoms with van der Waals surface area (Å²) in [4.78, 5) is 17.4. The van der Waals surface area contributed by atoms with Crippen molar-refractivity contribution in [2.24, 2.45) is 5.14 Å². The Balaban J connectivity index is 1.70. The normalized spacial score (nSPS) is 11.9. The Morgan fingerprint density at radius 1 is 1.14 bits per heavy atom. The van der Waals surface area contributed by atoms with Crippen LogP contribution in [0.4, 0.5) is 0 Å². The highest BCUT2D eigenvalue weighted by atomic mass is 32.2. The van der Waals surface area contributed by atoms with E-state index in [1.165, 1.54) is 23.9 Å². The average Bonchev–Trinajstić information content (AvgIpc) is 2.64. The zero-order valence-corrected chi connectivity index (χ0v) is 17.2. The van der Waals surface area contributed by atoms with Crippen LogP contribution < -0.4 is 15.4 Å². The van der Waals surface area contributed by atoms with Gasteiger partial charge in [-0.3, -0.25) is 9.36 Å². The summed E-state index contributed by atoms with van der Waals surface area (Å²) >= 11 is 1.44. The molecule has 0 radical (unpaired) electrons. The highest BCUT2D eigenvalue weighted by molar-refractivity contribution is 7.99. The number of nitrogens with zero attached hydrogens (tertiary/aromatic N) is 2. The summed E-state index contributed by atoms with van der Waals surface area (Å²) in [6.45, 7) is 4.27. The summed E-state index contributed by atoms with van der Waals surface area (Å²) in [5, 5.41) is 6.33. The molecule has 7 nitrogen and oxygen atoms in total. The molecule has 0 aliphatic rings. The molecule has 0 fully saturated rings. The SMILES string of the molecule is CC(C)n1c(SCCOc2ccc(S(N)(=O)=O)cc2)nc2ccccc2c1=O. The van der Waals surface area contributed by atoms with Crippen LogP contribution in [-0.4, -0.2) is 30.3 Å². The molecule has 0 saturated carbocycles. The van der Waals surface area contributed by atoms with Crippen molar-refractivity contribution in [1.29, 1.82) is 0 Å². The molecule has 1 heterocycles. The van der Waals surface area contributed by atoms with Crippen molar-refractivity contribution < 1.29 is 13.2 Å². The standard InChI is InChI=1S/C19H21N3O4S2/c1-13(2)22-18(23)16-5-3-4-6-17(16)21-19(22)27-12-11-26-14-7-9-15(10-8-14)28(20,24)25/h3-10,13H,11-12H2,1-2H3,(H2,20,24,25). The summed E-state index contributed by atoms with van der Waals surface area (Å²) in [5.41, 5.74) is 0.619. The summed E-state index contributed by atoms with van der Waals surface area (Å²) in [6.07, 6.45) is 0. The fraction of sp³-hybridized carbons (Fsp3) is 0.263. The van der Waals surface area contributed by atoms with Gasteiger partial charge in [0, 0.05) is 11.8 Å². The number of primary sulfonamides is 1. The summed E-state index contributed by atoms with van der Waals surface area (Å²) in [6, 6.07) is 13.2. The van der Waals surface area contributed by atoms with Crippen LogP contribution in [-0.2, 0) is 10.0 Å². The van der Waals surface area contributed by atoms with Crippen molar-refractivity contribution in [3.8, 4) is 5.75 Å². The second kappa shape index (κ2) is 8.34. The number of hydrogen-bond acceptors (Lipinski definition) is 6. The van der Waals surface area contributed by atoms with Gasteiger partial charge < -0.3 is 4.74 Å². The van der Waals surface area contributed by atoms with Gasteiger partial charge in [-0.05, 0) is 50.2 Å². The van der Waals surface area contributed by atoms with E-state index in [2.05, 4.69) is 4.98 Å². The van der Waals surface area contributed by atoms with Gasteiger partial charge in [0.05, 0.1) is 22.4 Å². The lowest BCUT2D eigenvalue weighted by Gasteiger charge is -2.16. The predicted octanol–water partition coefficient (Wildman–Crippen LogP) is 2.80. The average molecular weight is 420 g/mol. The van der Waals surface area contributed by atoms with Crippen molar-refractivity contribution in [1.82, 2.24) is 9.55 Å². The molecular weight excluding hydrogens is 398 g/mol. The summed E-state index contributed by atoms with van der Waals surface area (Å²) in [5.74, 6) is 1.12. The Hall–Kier alpha value is -2.36. The largest absolute Gasteiger partial charge is 0.493 e. The number of nitrogens with two attached hydrogens (primary N) is 1. The number of thioether (sulfide) groups is 1. The van der Waals surface area contributed by atoms with Gasteiger partial charge >= 0.3 is 0 Å². The topological polar surface area (TPSA) is 104 Å². The third-order valence-electron chi connectivity index (χ3n) is 4.03. The van der Waals surface area contributed by atoms with E-state index in [0.29, 0.717) is 34.2 Å². The van der Waals surface area contributed by atoms with Gasteiger partial charge in [-0.1, -0.05) is 23.9 Å². The minimum Gasteiger partial charge on any atom is -0.493 e. The number of rotatable bonds is 7. The maximum Gasteiger partial charge on any atom is 0.262 e. The first-order chi connectivity index (χ1) is 13.3. The first-order valence-corrected chi connectivity index (χ1v) is 11.2. The smallest absolute Gasteiger partial charge is 0.262 e. The van der Waals surface area contributed by atoms with Crippen LogP contribution in [0.5, 0.6) is 5.75 Å². The minimum atomic E-state index is -3.72. The van der Waals surface area contributed by atoms with Crippen molar-refractivity contribution in [2.45, 2.75) is 29.9 Å². The maximum atomic E-state index is 12.8. The molecule has 9 heteroatoms. The molecule has 0 aliphatic heterocycles. The van der Waals surface area contributed by atoms with Gasteiger partial charge in [0.2, 0.25) is 10.0 Å². The molecular formula is C19H21N3O4S2. The zero-order chi connectivity index (χ0) is 20.3. The van der Waals surface area contributed by atoms with Gasteiger partial charge in [-0.2, -0.15) is 0 Å². The minimum absolute atomic E-state index is 0.0150. The lowest BCUT2D eigenvalue weighted by molar-refractivity contribution is 0.343. The molecule has 0 unspecified atom stereocenters. The highest BCUT2D eigenvalue weighted by Gasteiger charge is 2.14. The number of fused-ring (bicyclic) bond motifs is 1. The Morgan fingerprint density at radius 3 is 2.46 bits per heavy atom. The Bertz CT molecular complexity index is 1140. The molecule has 1 aromatic heterocycles. The monoisotopic (exact) mass is 419 g/mol. The van der Waals surface area contributed by atoms with Crippen molar-refractivity contribution in [2.75, 3.05) is 12.4 Å². The van der Waals surface area contributed by atoms with Crippen molar-refractivity contribution >= 4 is 32.7 Å². The predicted molar refractivity (Wildman–Crippen MR) is 110 cm³/mol. The molecule has 0 atom stereocenters. The third kappa shape index (κ3) is 4.54. The number of hydrogen-bond donors (Lipinski definition) is 1. The van der Waals surface area contributed by atoms with E-state index in [1.807, 2.05) is 32.0 Å². The quantitative estimate of drug-likeness (QED) is 0.359. The van der Waals surface area contributed by atoms with E-state index in [4.69, 9.17) is 9.88 Å². The maximum absolute atomic E-state index is 12.8. The number of aromatic nitrogens is 2. The number of benzene rings is 2. The molecule has 3 aromatic rings. The number of sulfonamides is 1. The summed E-state index contributed by atoms with van der Waals surface area (Å²) < 4.78 is 29.9. The van der Waals surface area contributed by atoms with Crippen LogP contribution in [0.25, 0.3) is 10.9 Å². The van der Waals surface area contributed by atoms with Crippen molar-refractivity contribution in [3.63, 3.8) is 0 Å². The van der Waals surface area contributed by atoms with E-state index in [-0.39, 0.29) is 16.5 Å². The molecule has 28 heavy (non-hydrogen) atoms. The van der Waals surface area contributed by atoms with Crippen molar-refractivity contribution in [3.05, 3.63) is 58.9 Å². The molecule has 0 bridgehead atoms. The second-order valence-electron chi connectivity index (χ2n) is 6.39. The van der Waals surface area contributed by atoms with Gasteiger partial charge in [0.15, 0.2) is 5.16 Å². The number of ether oxygens (including phenoxy) is 1. The third-order valence-corrected chi connectivity index (χ3v) is 5.87. The molecule has 0 amide bonds. The van der Waals surface area contributed by atoms with Gasteiger partial charge in [0.25, 0.3) is 5.56 Å². The van der Waals surface area contributed by atoms with Crippen LogP contribution >= 0.6 is 11.8 Å². The molecule has 0 aliphatic carbocycles. The molecule has 148 valence electrons. The van der Waals surface area contributed by atoms with E-state index < -0.39 is 10.0 Å². The fourth-order valence-electron chi connectivity index (χ4n) is 2.70. The van der Waals surface area contributed by atoms with E-state index in [1.54, 1.807) is 22.8 Å². The molecule has 0 spiro atoms. The lowest BCUT2D eigenvalue weighted by atomic mass is 10.2. The van der Waals surface area contributed by atoms with Crippen LogP contribution in [0.1, 0.15) is 19.9 Å². The molecule has 3 rings (SSSR count). The van der Waals surface area contributed by atoms with Crippen LogP contribution in [0, 0.1) is 0 Å². The number of para-hydroxylation sites is 1. The summed E-state index contributed by atoms with van der Waals surface area (Å²) in [7, 11) is -3.72. The first-order valence-electron chi connectivity index (χ1n) is 8.67. The molecule has 0 saturated heterocycles. The molecule has 2 aromatic carbocycles. The van der Waals surface area contributed by atoms with E-state index in [9.17, 15) is 13.2 Å². The van der Waals surface area contributed by atoms with Gasteiger partial charge in [0.1, 0.15) is 5.75 Å². The Kier molecular flexibility index (Phi) is 6.07. The first kappa shape index (κ1) is 20.4.